The Morgan fingerprint density at radius 2 is 1.78 bits per heavy atom. The lowest BCUT2D eigenvalue weighted by atomic mass is 9.85. The molecule has 0 bridgehead atoms. The summed E-state index contributed by atoms with van der Waals surface area (Å²) < 4.78 is 5.55. The summed E-state index contributed by atoms with van der Waals surface area (Å²) in [5, 5.41) is 10.3. The SMILES string of the molecule is CN(C[C@@H](CCN1CCC(c2ccccc2CC(=O)O)CC1)c1ccc(Cl)c(Cl)c1)C(=O)OC(C)(C)C. The Labute approximate surface area is 230 Å². The van der Waals surface area contributed by atoms with Gasteiger partial charge in [0, 0.05) is 19.5 Å². The topological polar surface area (TPSA) is 70.1 Å². The van der Waals surface area contributed by atoms with Gasteiger partial charge >= 0.3 is 12.1 Å². The summed E-state index contributed by atoms with van der Waals surface area (Å²) in [6, 6.07) is 13.6. The molecule has 1 aliphatic rings. The molecule has 1 saturated heterocycles. The van der Waals surface area contributed by atoms with Crippen molar-refractivity contribution in [2.75, 3.05) is 33.2 Å². The maximum atomic E-state index is 12.6. The first-order valence-corrected chi connectivity index (χ1v) is 13.6. The van der Waals surface area contributed by atoms with E-state index in [0.29, 0.717) is 22.5 Å². The van der Waals surface area contributed by atoms with E-state index in [9.17, 15) is 14.7 Å². The number of amides is 1. The number of carbonyl (C=O) groups excluding carboxylic acids is 1. The van der Waals surface area contributed by atoms with Crippen LogP contribution >= 0.6 is 23.2 Å². The Balaban J connectivity index is 1.64. The van der Waals surface area contributed by atoms with E-state index in [1.807, 2.05) is 51.1 Å². The van der Waals surface area contributed by atoms with Gasteiger partial charge in [0.05, 0.1) is 16.5 Å². The van der Waals surface area contributed by atoms with Crippen LogP contribution in [0.3, 0.4) is 0 Å². The van der Waals surface area contributed by atoms with Gasteiger partial charge in [-0.2, -0.15) is 0 Å². The lowest BCUT2D eigenvalue weighted by molar-refractivity contribution is -0.136. The van der Waals surface area contributed by atoms with Crippen LogP contribution in [-0.2, 0) is 16.0 Å². The van der Waals surface area contributed by atoms with Crippen LogP contribution in [0.4, 0.5) is 4.79 Å². The molecule has 1 N–H and O–H groups in total. The minimum Gasteiger partial charge on any atom is -0.481 e. The average molecular weight is 550 g/mol. The van der Waals surface area contributed by atoms with Crippen LogP contribution in [0, 0.1) is 0 Å². The van der Waals surface area contributed by atoms with E-state index in [1.165, 1.54) is 0 Å². The summed E-state index contributed by atoms with van der Waals surface area (Å²) >= 11 is 12.5. The van der Waals surface area contributed by atoms with Gasteiger partial charge < -0.3 is 19.6 Å². The summed E-state index contributed by atoms with van der Waals surface area (Å²) in [6.45, 7) is 8.86. The summed E-state index contributed by atoms with van der Waals surface area (Å²) in [7, 11) is 1.76. The van der Waals surface area contributed by atoms with Crippen LogP contribution in [0.2, 0.25) is 10.0 Å². The normalized spacial score (nSPS) is 15.8. The van der Waals surface area contributed by atoms with Crippen molar-refractivity contribution in [2.24, 2.45) is 0 Å². The fourth-order valence-corrected chi connectivity index (χ4v) is 5.24. The van der Waals surface area contributed by atoms with Crippen molar-refractivity contribution in [1.82, 2.24) is 9.80 Å². The molecule has 1 fully saturated rings. The third kappa shape index (κ3) is 8.91. The largest absolute Gasteiger partial charge is 0.481 e. The highest BCUT2D eigenvalue weighted by Crippen LogP contribution is 2.33. The molecule has 37 heavy (non-hydrogen) atoms. The number of piperidine rings is 1. The minimum absolute atomic E-state index is 0.0624. The number of rotatable bonds is 9. The summed E-state index contributed by atoms with van der Waals surface area (Å²) in [5.41, 5.74) is 2.57. The molecule has 1 heterocycles. The number of carbonyl (C=O) groups is 2. The number of ether oxygens (including phenoxy) is 1. The number of halogens is 2. The number of carboxylic acid groups (broad SMARTS) is 1. The first-order chi connectivity index (χ1) is 17.4. The Bertz CT molecular complexity index is 1080. The zero-order chi connectivity index (χ0) is 27.2. The molecule has 1 atom stereocenters. The number of aliphatic carboxylic acids is 1. The van der Waals surface area contributed by atoms with Gasteiger partial charge in [0.25, 0.3) is 0 Å². The van der Waals surface area contributed by atoms with Gasteiger partial charge in [0.1, 0.15) is 5.60 Å². The van der Waals surface area contributed by atoms with Crippen LogP contribution in [0.25, 0.3) is 0 Å². The second-order valence-electron chi connectivity index (χ2n) is 10.9. The second-order valence-corrected chi connectivity index (χ2v) is 11.7. The third-order valence-electron chi connectivity index (χ3n) is 6.83. The number of likely N-dealkylation sites (N-methyl/N-ethyl adjacent to an activating group) is 1. The van der Waals surface area contributed by atoms with Crippen molar-refractivity contribution in [3.63, 3.8) is 0 Å². The predicted molar refractivity (Wildman–Crippen MR) is 149 cm³/mol. The van der Waals surface area contributed by atoms with Crippen LogP contribution in [0.1, 0.15) is 68.6 Å². The van der Waals surface area contributed by atoms with Gasteiger partial charge in [-0.1, -0.05) is 53.5 Å². The van der Waals surface area contributed by atoms with Gasteiger partial charge in [-0.25, -0.2) is 4.79 Å². The first kappa shape index (κ1) is 29.3. The van der Waals surface area contributed by atoms with E-state index >= 15 is 0 Å². The van der Waals surface area contributed by atoms with Gasteiger partial charge in [0.2, 0.25) is 0 Å². The molecule has 0 unspecified atom stereocenters. The molecule has 6 nitrogen and oxygen atoms in total. The second kappa shape index (κ2) is 13.0. The maximum Gasteiger partial charge on any atom is 0.410 e. The average Bonchev–Trinajstić information content (AvgIpc) is 2.82. The highest BCUT2D eigenvalue weighted by molar-refractivity contribution is 6.42. The van der Waals surface area contributed by atoms with Crippen molar-refractivity contribution in [3.8, 4) is 0 Å². The zero-order valence-corrected chi connectivity index (χ0v) is 23.7. The fraction of sp³-hybridized carbons (Fsp3) is 0.517. The smallest absolute Gasteiger partial charge is 0.410 e. The molecule has 0 radical (unpaired) electrons. The monoisotopic (exact) mass is 548 g/mol. The quantitative estimate of drug-likeness (QED) is 0.371. The highest BCUT2D eigenvalue weighted by atomic mass is 35.5. The van der Waals surface area contributed by atoms with Crippen molar-refractivity contribution in [1.29, 1.82) is 0 Å². The molecular weight excluding hydrogens is 511 g/mol. The predicted octanol–water partition coefficient (Wildman–Crippen LogP) is 6.84. The molecule has 0 aromatic heterocycles. The van der Waals surface area contributed by atoms with Crippen LogP contribution in [-0.4, -0.2) is 65.8 Å². The van der Waals surface area contributed by atoms with Gasteiger partial charge in [-0.05, 0) is 94.4 Å². The molecule has 2 aromatic carbocycles. The van der Waals surface area contributed by atoms with E-state index in [-0.39, 0.29) is 18.4 Å². The van der Waals surface area contributed by atoms with E-state index < -0.39 is 11.6 Å². The number of carboxylic acids is 1. The van der Waals surface area contributed by atoms with Crippen molar-refractivity contribution in [3.05, 3.63) is 69.2 Å². The molecule has 0 spiro atoms. The molecule has 2 aromatic rings. The number of likely N-dealkylation sites (tertiary alicyclic amines) is 1. The standard InChI is InChI=1S/C29H38Cl2N2O4/c1-29(2,3)37-28(36)32(4)19-23(21-9-10-25(30)26(31)17-21)13-16-33-14-11-20(12-15-33)24-8-6-5-7-22(24)18-27(34)35/h5-10,17,20,23H,11-16,18-19H2,1-4H3,(H,34,35)/t23-/m1/s1. The number of nitrogens with zero attached hydrogens (tertiary/aromatic N) is 2. The molecular formula is C29H38Cl2N2O4. The fourth-order valence-electron chi connectivity index (χ4n) is 4.94. The number of benzene rings is 2. The summed E-state index contributed by atoms with van der Waals surface area (Å²) in [6.07, 6.45) is 2.55. The molecule has 0 aliphatic carbocycles. The van der Waals surface area contributed by atoms with Gasteiger partial charge in [-0.3, -0.25) is 4.79 Å². The first-order valence-electron chi connectivity index (χ1n) is 12.8. The molecule has 1 aliphatic heterocycles. The van der Waals surface area contributed by atoms with Crippen LogP contribution in [0.15, 0.2) is 42.5 Å². The Morgan fingerprint density at radius 1 is 1.11 bits per heavy atom. The highest BCUT2D eigenvalue weighted by Gasteiger charge is 2.26. The Morgan fingerprint density at radius 3 is 2.41 bits per heavy atom. The molecule has 3 rings (SSSR count). The zero-order valence-electron chi connectivity index (χ0n) is 22.2. The molecule has 1 amide bonds. The molecule has 0 saturated carbocycles. The number of hydrogen-bond donors (Lipinski definition) is 1. The Kier molecular flexibility index (Phi) is 10.3. The van der Waals surface area contributed by atoms with Crippen molar-refractivity contribution in [2.45, 2.75) is 63.9 Å². The summed E-state index contributed by atoms with van der Waals surface area (Å²) in [4.78, 5) is 28.0. The lowest BCUT2D eigenvalue weighted by Gasteiger charge is -2.34. The van der Waals surface area contributed by atoms with E-state index in [0.717, 1.165) is 55.6 Å². The van der Waals surface area contributed by atoms with Gasteiger partial charge in [-0.15, -0.1) is 0 Å². The number of hydrogen-bond acceptors (Lipinski definition) is 4. The maximum absolute atomic E-state index is 12.6. The van der Waals surface area contributed by atoms with E-state index in [2.05, 4.69) is 11.0 Å². The van der Waals surface area contributed by atoms with Gasteiger partial charge in [0.15, 0.2) is 0 Å². The Hall–Kier alpha value is -2.28. The van der Waals surface area contributed by atoms with E-state index in [4.69, 9.17) is 27.9 Å². The van der Waals surface area contributed by atoms with Crippen molar-refractivity contribution < 1.29 is 19.4 Å². The summed E-state index contributed by atoms with van der Waals surface area (Å²) in [5.74, 6) is -0.355. The lowest BCUT2D eigenvalue weighted by Crippen LogP contribution is -2.38. The van der Waals surface area contributed by atoms with Crippen LogP contribution in [0.5, 0.6) is 0 Å². The third-order valence-corrected chi connectivity index (χ3v) is 7.57. The van der Waals surface area contributed by atoms with Crippen LogP contribution < -0.4 is 0 Å². The minimum atomic E-state index is -0.797. The van der Waals surface area contributed by atoms with Crippen molar-refractivity contribution >= 4 is 35.3 Å². The molecule has 202 valence electrons. The molecule has 8 heteroatoms. The van der Waals surface area contributed by atoms with E-state index in [1.54, 1.807) is 18.0 Å².